The Hall–Kier alpha value is -2.15. The molecule has 0 radical (unpaired) electrons. The molecule has 0 amide bonds. The van der Waals surface area contributed by atoms with Gasteiger partial charge in [0.05, 0.1) is 5.69 Å². The van der Waals surface area contributed by atoms with Crippen LogP contribution in [0.25, 0.3) is 0 Å². The highest BCUT2D eigenvalue weighted by Gasteiger charge is 2.03. The molecule has 0 aliphatic carbocycles. The number of carbonyl (C=O) groups excluding carboxylic acids is 1. The first-order valence-corrected chi connectivity index (χ1v) is 4.45. The normalized spacial score (nSPS) is 10.6. The maximum absolute atomic E-state index is 10.9. The van der Waals surface area contributed by atoms with Gasteiger partial charge in [0.25, 0.3) is 0 Å². The SMILES string of the molecule is CC(=O)/C(C#N)=N/Nc1cccc(C)c1. The van der Waals surface area contributed by atoms with E-state index in [9.17, 15) is 4.79 Å². The number of rotatable bonds is 3. The number of nitrogens with zero attached hydrogens (tertiary/aromatic N) is 2. The average molecular weight is 201 g/mol. The van der Waals surface area contributed by atoms with Gasteiger partial charge < -0.3 is 0 Å². The molecule has 0 saturated carbocycles. The smallest absolute Gasteiger partial charge is 0.203 e. The number of hydrazone groups is 1. The van der Waals surface area contributed by atoms with Crippen LogP contribution in [0, 0.1) is 18.3 Å². The van der Waals surface area contributed by atoms with Crippen LogP contribution in [-0.2, 0) is 4.79 Å². The predicted octanol–water partition coefficient (Wildman–Crippen LogP) is 1.88. The van der Waals surface area contributed by atoms with E-state index in [1.165, 1.54) is 6.92 Å². The van der Waals surface area contributed by atoms with Crippen LogP contribution in [0.5, 0.6) is 0 Å². The summed E-state index contributed by atoms with van der Waals surface area (Å²) in [6, 6.07) is 9.23. The lowest BCUT2D eigenvalue weighted by molar-refractivity contribution is -0.110. The highest BCUT2D eigenvalue weighted by molar-refractivity contribution is 6.45. The maximum atomic E-state index is 10.9. The minimum atomic E-state index is -0.349. The second-order valence-corrected chi connectivity index (χ2v) is 3.11. The Kier molecular flexibility index (Phi) is 3.58. The zero-order chi connectivity index (χ0) is 11.3. The molecule has 4 nitrogen and oxygen atoms in total. The zero-order valence-electron chi connectivity index (χ0n) is 8.61. The number of aryl methyl sites for hydroxylation is 1. The van der Waals surface area contributed by atoms with E-state index in [1.807, 2.05) is 31.2 Å². The molecule has 0 heterocycles. The van der Waals surface area contributed by atoms with Crippen molar-refractivity contribution in [2.45, 2.75) is 13.8 Å². The van der Waals surface area contributed by atoms with Crippen LogP contribution in [0.15, 0.2) is 29.4 Å². The topological polar surface area (TPSA) is 65.2 Å². The number of benzene rings is 1. The third kappa shape index (κ3) is 3.24. The van der Waals surface area contributed by atoms with Crippen molar-refractivity contribution in [1.82, 2.24) is 0 Å². The summed E-state index contributed by atoms with van der Waals surface area (Å²) in [5.74, 6) is -0.349. The van der Waals surface area contributed by atoms with Gasteiger partial charge in [-0.1, -0.05) is 12.1 Å². The van der Waals surface area contributed by atoms with Crippen molar-refractivity contribution in [3.8, 4) is 6.07 Å². The molecule has 1 aromatic carbocycles. The van der Waals surface area contributed by atoms with Gasteiger partial charge in [-0.05, 0) is 24.6 Å². The summed E-state index contributed by atoms with van der Waals surface area (Å²) < 4.78 is 0. The summed E-state index contributed by atoms with van der Waals surface area (Å²) in [5, 5.41) is 12.3. The fraction of sp³-hybridized carbons (Fsp3) is 0.182. The summed E-state index contributed by atoms with van der Waals surface area (Å²) in [6.45, 7) is 3.26. The van der Waals surface area contributed by atoms with Gasteiger partial charge in [-0.3, -0.25) is 10.2 Å². The molecule has 0 aliphatic rings. The number of nitriles is 1. The molecule has 4 heteroatoms. The predicted molar refractivity (Wildman–Crippen MR) is 58.5 cm³/mol. The van der Waals surface area contributed by atoms with E-state index < -0.39 is 0 Å². The monoisotopic (exact) mass is 201 g/mol. The number of carbonyl (C=O) groups is 1. The molecule has 0 spiro atoms. The van der Waals surface area contributed by atoms with E-state index in [2.05, 4.69) is 10.5 Å². The molecule has 0 saturated heterocycles. The molecule has 0 aliphatic heterocycles. The van der Waals surface area contributed by atoms with Crippen molar-refractivity contribution >= 4 is 17.2 Å². The number of nitrogens with one attached hydrogen (secondary N) is 1. The lowest BCUT2D eigenvalue weighted by Gasteiger charge is -2.00. The van der Waals surface area contributed by atoms with Gasteiger partial charge in [-0.2, -0.15) is 10.4 Å². The maximum Gasteiger partial charge on any atom is 0.203 e. The number of hydrogen-bond donors (Lipinski definition) is 1. The summed E-state index contributed by atoms with van der Waals surface area (Å²) in [6.07, 6.45) is 0. The van der Waals surface area contributed by atoms with E-state index in [-0.39, 0.29) is 11.5 Å². The van der Waals surface area contributed by atoms with E-state index >= 15 is 0 Å². The second kappa shape index (κ2) is 4.91. The van der Waals surface area contributed by atoms with Crippen LogP contribution in [0.4, 0.5) is 5.69 Å². The summed E-state index contributed by atoms with van der Waals surface area (Å²) >= 11 is 0. The van der Waals surface area contributed by atoms with E-state index in [0.29, 0.717) is 0 Å². The first-order valence-electron chi connectivity index (χ1n) is 4.45. The fourth-order valence-electron chi connectivity index (χ4n) is 1.02. The van der Waals surface area contributed by atoms with Crippen LogP contribution in [0.2, 0.25) is 0 Å². The lowest BCUT2D eigenvalue weighted by Crippen LogP contribution is -2.09. The summed E-state index contributed by atoms with van der Waals surface area (Å²) in [4.78, 5) is 10.9. The molecule has 0 bridgehead atoms. The van der Waals surface area contributed by atoms with E-state index in [4.69, 9.17) is 5.26 Å². The highest BCUT2D eigenvalue weighted by Crippen LogP contribution is 2.09. The second-order valence-electron chi connectivity index (χ2n) is 3.11. The summed E-state index contributed by atoms with van der Waals surface area (Å²) in [7, 11) is 0. The minimum Gasteiger partial charge on any atom is -0.292 e. The van der Waals surface area contributed by atoms with Crippen molar-refractivity contribution in [2.75, 3.05) is 5.43 Å². The van der Waals surface area contributed by atoms with Gasteiger partial charge in [-0.25, -0.2) is 0 Å². The van der Waals surface area contributed by atoms with Crippen molar-refractivity contribution in [3.05, 3.63) is 29.8 Å². The molecule has 0 fully saturated rings. The largest absolute Gasteiger partial charge is 0.292 e. The number of ketones is 1. The van der Waals surface area contributed by atoms with Crippen LogP contribution < -0.4 is 5.43 Å². The van der Waals surface area contributed by atoms with Crippen molar-refractivity contribution in [1.29, 1.82) is 5.26 Å². The van der Waals surface area contributed by atoms with Gasteiger partial charge in [0.15, 0.2) is 5.78 Å². The zero-order valence-corrected chi connectivity index (χ0v) is 8.61. The van der Waals surface area contributed by atoms with Crippen molar-refractivity contribution in [3.63, 3.8) is 0 Å². The quantitative estimate of drug-likeness (QED) is 0.599. The molecule has 76 valence electrons. The van der Waals surface area contributed by atoms with E-state index in [0.717, 1.165) is 11.3 Å². The number of Topliss-reactive ketones (excluding diaryl/α,β-unsaturated/α-hetero) is 1. The molecule has 0 aromatic heterocycles. The van der Waals surface area contributed by atoms with Gasteiger partial charge in [-0.15, -0.1) is 0 Å². The standard InChI is InChI=1S/C11H11N3O/c1-8-4-3-5-10(6-8)13-14-11(7-12)9(2)15/h3-6,13H,1-2H3/b14-11+. The van der Waals surface area contributed by atoms with Gasteiger partial charge in [0.2, 0.25) is 5.71 Å². The van der Waals surface area contributed by atoms with Crippen molar-refractivity contribution < 1.29 is 4.79 Å². The molecule has 0 atom stereocenters. The third-order valence-corrected chi connectivity index (χ3v) is 1.75. The van der Waals surface area contributed by atoms with Crippen LogP contribution in [0.1, 0.15) is 12.5 Å². The Labute approximate surface area is 88.2 Å². The van der Waals surface area contributed by atoms with Crippen molar-refractivity contribution in [2.24, 2.45) is 5.10 Å². The Balaban J connectivity index is 2.80. The van der Waals surface area contributed by atoms with Crippen LogP contribution in [0.3, 0.4) is 0 Å². The molecular weight excluding hydrogens is 190 g/mol. The van der Waals surface area contributed by atoms with Crippen LogP contribution in [-0.4, -0.2) is 11.5 Å². The number of hydrogen-bond acceptors (Lipinski definition) is 4. The minimum absolute atomic E-state index is 0.128. The fourth-order valence-corrected chi connectivity index (χ4v) is 1.02. The molecular formula is C11H11N3O. The van der Waals surface area contributed by atoms with Gasteiger partial charge in [0.1, 0.15) is 6.07 Å². The molecule has 1 rings (SSSR count). The Morgan fingerprint density at radius 1 is 1.53 bits per heavy atom. The Morgan fingerprint density at radius 3 is 2.80 bits per heavy atom. The molecule has 0 unspecified atom stereocenters. The van der Waals surface area contributed by atoms with E-state index in [1.54, 1.807) is 6.07 Å². The lowest BCUT2D eigenvalue weighted by atomic mass is 10.2. The van der Waals surface area contributed by atoms with Gasteiger partial charge in [0, 0.05) is 6.92 Å². The molecule has 1 aromatic rings. The highest BCUT2D eigenvalue weighted by atomic mass is 16.1. The first-order chi connectivity index (χ1) is 7.13. The average Bonchev–Trinajstić information content (AvgIpc) is 2.18. The van der Waals surface area contributed by atoms with Crippen LogP contribution >= 0.6 is 0 Å². The molecule has 15 heavy (non-hydrogen) atoms. The Bertz CT molecular complexity index is 443. The molecule has 1 N–H and O–H groups in total. The number of anilines is 1. The Morgan fingerprint density at radius 2 is 2.27 bits per heavy atom. The van der Waals surface area contributed by atoms with Gasteiger partial charge >= 0.3 is 0 Å². The first kappa shape index (κ1) is 10.9. The third-order valence-electron chi connectivity index (χ3n) is 1.75. The summed E-state index contributed by atoms with van der Waals surface area (Å²) in [5.41, 5.74) is 4.37.